The van der Waals surface area contributed by atoms with Gasteiger partial charge in [0.05, 0.1) is 5.69 Å². The summed E-state index contributed by atoms with van der Waals surface area (Å²) in [4.78, 5) is 16.8. The van der Waals surface area contributed by atoms with Gasteiger partial charge in [0.15, 0.2) is 16.3 Å². The second-order valence-electron chi connectivity index (χ2n) is 7.12. The lowest BCUT2D eigenvalue weighted by atomic mass is 9.96. The molecule has 1 aliphatic rings. The minimum Gasteiger partial charge on any atom is -0.504 e. The average molecular weight is 466 g/mol. The molecule has 1 aromatic heterocycles. The third kappa shape index (κ3) is 6.19. The van der Waals surface area contributed by atoms with E-state index in [1.54, 1.807) is 31.2 Å². The number of alkyl halides is 2. The molecule has 2 aromatic rings. The van der Waals surface area contributed by atoms with Gasteiger partial charge < -0.3 is 24.8 Å². The summed E-state index contributed by atoms with van der Waals surface area (Å²) >= 11 is 1.41. The number of aliphatic hydroxyl groups is 2. The first-order valence-electron chi connectivity index (χ1n) is 10.2. The normalized spacial score (nSPS) is 16.6. The minimum atomic E-state index is -2.89. The van der Waals surface area contributed by atoms with Crippen molar-refractivity contribution in [1.82, 2.24) is 9.88 Å². The lowest BCUT2D eigenvalue weighted by Crippen LogP contribution is -2.26. The number of hydrogen-bond acceptors (Lipinski definition) is 6. The van der Waals surface area contributed by atoms with E-state index < -0.39 is 6.61 Å². The van der Waals surface area contributed by atoms with Gasteiger partial charge >= 0.3 is 6.61 Å². The van der Waals surface area contributed by atoms with Crippen LogP contribution in [0.3, 0.4) is 0 Å². The van der Waals surface area contributed by atoms with Gasteiger partial charge in [-0.2, -0.15) is 8.78 Å². The molecule has 1 aromatic carbocycles. The molecule has 172 valence electrons. The number of amides is 1. The zero-order chi connectivity index (χ0) is 23.1. The highest BCUT2D eigenvalue weighted by Crippen LogP contribution is 2.29. The Kier molecular flexibility index (Phi) is 8.04. The van der Waals surface area contributed by atoms with Gasteiger partial charge in [-0.05, 0) is 49.3 Å². The van der Waals surface area contributed by atoms with Crippen LogP contribution in [0.4, 0.5) is 14.5 Å². The molecule has 7 nitrogen and oxygen atoms in total. The molecule has 0 spiro atoms. The van der Waals surface area contributed by atoms with Crippen LogP contribution in [-0.4, -0.2) is 33.8 Å². The van der Waals surface area contributed by atoms with Crippen LogP contribution in [0.15, 0.2) is 58.3 Å². The van der Waals surface area contributed by atoms with Crippen molar-refractivity contribution in [1.29, 1.82) is 0 Å². The fraction of sp³-hybridized carbons (Fsp3) is 0.364. The Bertz CT molecular complexity index is 1060. The molecular formula is C22H25F2N3O4S. The largest absolute Gasteiger partial charge is 0.504 e. The maximum Gasteiger partial charge on any atom is 0.387 e. The van der Waals surface area contributed by atoms with Crippen LogP contribution < -0.4 is 14.9 Å². The minimum absolute atomic E-state index is 0.0164. The van der Waals surface area contributed by atoms with E-state index in [1.165, 1.54) is 23.5 Å². The van der Waals surface area contributed by atoms with E-state index in [0.717, 1.165) is 5.69 Å². The lowest BCUT2D eigenvalue weighted by Gasteiger charge is -2.18. The monoisotopic (exact) mass is 465 g/mol. The number of nitrogens with one attached hydrogen (secondary N) is 1. The Morgan fingerprint density at radius 2 is 2.06 bits per heavy atom. The van der Waals surface area contributed by atoms with Crippen molar-refractivity contribution in [3.63, 3.8) is 0 Å². The highest BCUT2D eigenvalue weighted by atomic mass is 32.1. The Hall–Kier alpha value is -3.14. The fourth-order valence-corrected chi connectivity index (χ4v) is 4.26. The van der Waals surface area contributed by atoms with E-state index in [9.17, 15) is 23.8 Å². The van der Waals surface area contributed by atoms with Gasteiger partial charge in [-0.15, -0.1) is 11.3 Å². The number of rotatable bonds is 9. The number of aliphatic hydroxyl groups excluding tert-OH is 2. The van der Waals surface area contributed by atoms with Crippen LogP contribution in [0.25, 0.3) is 0 Å². The molecule has 0 aliphatic heterocycles. The topological polar surface area (TPSA) is 96.1 Å². The van der Waals surface area contributed by atoms with Gasteiger partial charge in [-0.3, -0.25) is 4.79 Å². The summed E-state index contributed by atoms with van der Waals surface area (Å²) in [5.41, 5.74) is 1.50. The summed E-state index contributed by atoms with van der Waals surface area (Å²) in [7, 11) is 0. The molecule has 10 heteroatoms. The molecule has 0 saturated heterocycles. The van der Waals surface area contributed by atoms with Crippen LogP contribution in [0.5, 0.6) is 5.75 Å². The van der Waals surface area contributed by atoms with Gasteiger partial charge in [0.25, 0.3) is 0 Å². The van der Waals surface area contributed by atoms with Crippen LogP contribution in [0.2, 0.25) is 0 Å². The zero-order valence-electron chi connectivity index (χ0n) is 17.5. The molecule has 0 saturated carbocycles. The number of ether oxygens (including phenoxy) is 1. The number of carbonyl (C=O) groups excluding carboxylic acids is 1. The van der Waals surface area contributed by atoms with E-state index in [0.29, 0.717) is 42.8 Å². The van der Waals surface area contributed by atoms with Crippen molar-refractivity contribution in [2.75, 3.05) is 6.54 Å². The molecule has 1 atom stereocenters. The number of carbonyl (C=O) groups is 1. The lowest BCUT2D eigenvalue weighted by molar-refractivity contribution is -0.120. The maximum atomic E-state index is 12.4. The van der Waals surface area contributed by atoms with Crippen molar-refractivity contribution in [2.45, 2.75) is 45.3 Å². The van der Waals surface area contributed by atoms with Crippen molar-refractivity contribution in [3.8, 4) is 5.75 Å². The number of benzene rings is 1. The smallest absolute Gasteiger partial charge is 0.387 e. The first-order valence-corrected chi connectivity index (χ1v) is 11.1. The summed E-state index contributed by atoms with van der Waals surface area (Å²) in [6.07, 6.45) is 4.80. The Balaban J connectivity index is 1.87. The highest BCUT2D eigenvalue weighted by Gasteiger charge is 2.20. The van der Waals surface area contributed by atoms with E-state index in [1.807, 2.05) is 9.95 Å². The van der Waals surface area contributed by atoms with E-state index in [2.05, 4.69) is 15.0 Å². The Labute approximate surface area is 188 Å². The summed E-state index contributed by atoms with van der Waals surface area (Å²) in [6, 6.07) is 6.05. The molecule has 0 bridgehead atoms. The Morgan fingerprint density at radius 3 is 2.72 bits per heavy atom. The van der Waals surface area contributed by atoms with Gasteiger partial charge in [0.1, 0.15) is 5.75 Å². The second-order valence-corrected chi connectivity index (χ2v) is 7.96. The van der Waals surface area contributed by atoms with Gasteiger partial charge in [-0.1, -0.05) is 6.92 Å². The Morgan fingerprint density at radius 1 is 1.31 bits per heavy atom. The number of halogens is 2. The highest BCUT2D eigenvalue weighted by molar-refractivity contribution is 7.07. The van der Waals surface area contributed by atoms with Crippen molar-refractivity contribution in [2.24, 2.45) is 4.99 Å². The van der Waals surface area contributed by atoms with Crippen molar-refractivity contribution in [3.05, 3.63) is 63.8 Å². The fourth-order valence-electron chi connectivity index (χ4n) is 3.25. The van der Waals surface area contributed by atoms with E-state index in [4.69, 9.17) is 0 Å². The van der Waals surface area contributed by atoms with E-state index in [-0.39, 0.29) is 29.1 Å². The summed E-state index contributed by atoms with van der Waals surface area (Å²) in [5.74, 6) is -0.404. The van der Waals surface area contributed by atoms with Crippen LogP contribution in [-0.2, 0) is 11.3 Å². The second kappa shape index (κ2) is 10.9. The first kappa shape index (κ1) is 23.5. The first-order chi connectivity index (χ1) is 15.4. The SMILES string of the molecule is CCC(=O)NCCCn1c(C2C=C(O)C(O)=CC2)cs/c1=N\c1ccc(OC(F)F)cc1. The van der Waals surface area contributed by atoms with Crippen molar-refractivity contribution >= 4 is 22.9 Å². The van der Waals surface area contributed by atoms with Crippen LogP contribution in [0.1, 0.15) is 37.8 Å². The summed E-state index contributed by atoms with van der Waals surface area (Å²) in [5, 5.41) is 24.4. The number of hydrogen-bond donors (Lipinski definition) is 3. The summed E-state index contributed by atoms with van der Waals surface area (Å²) < 4.78 is 31.1. The molecule has 0 radical (unpaired) electrons. The zero-order valence-corrected chi connectivity index (χ0v) is 18.3. The predicted octanol–water partition coefficient (Wildman–Crippen LogP) is 4.67. The van der Waals surface area contributed by atoms with Crippen LogP contribution in [0, 0.1) is 0 Å². The molecular weight excluding hydrogens is 440 g/mol. The quantitative estimate of drug-likeness (QED) is 0.469. The van der Waals surface area contributed by atoms with E-state index >= 15 is 0 Å². The number of allylic oxidation sites excluding steroid dienone is 2. The third-order valence-electron chi connectivity index (χ3n) is 4.88. The number of aromatic nitrogens is 1. The molecule has 3 N–H and O–H groups in total. The molecule has 1 unspecified atom stereocenters. The molecule has 3 rings (SSSR count). The van der Waals surface area contributed by atoms with Crippen molar-refractivity contribution < 1.29 is 28.5 Å². The third-order valence-corrected chi connectivity index (χ3v) is 5.76. The van der Waals surface area contributed by atoms with Gasteiger partial charge in [0.2, 0.25) is 5.91 Å². The maximum absolute atomic E-state index is 12.4. The average Bonchev–Trinajstić information content (AvgIpc) is 3.16. The van der Waals surface area contributed by atoms with Crippen LogP contribution >= 0.6 is 11.3 Å². The van der Waals surface area contributed by atoms with Gasteiger partial charge in [-0.25, -0.2) is 4.99 Å². The molecule has 32 heavy (non-hydrogen) atoms. The van der Waals surface area contributed by atoms with Gasteiger partial charge in [0, 0.05) is 36.5 Å². The number of nitrogens with zero attached hydrogens (tertiary/aromatic N) is 2. The predicted molar refractivity (Wildman–Crippen MR) is 117 cm³/mol. The molecule has 0 fully saturated rings. The molecule has 1 amide bonds. The molecule has 1 heterocycles. The number of thiazole rings is 1. The molecule has 1 aliphatic carbocycles. The standard InChI is InChI=1S/C22H25F2N3O4S/c1-2-20(30)25-10-3-11-27-17(14-4-9-18(28)19(29)12-14)13-32-22(27)26-15-5-7-16(8-6-15)31-21(23)24/h5-9,12-14,21,28-29H,2-4,10-11H2,1H3,(H,25,30)/b26-22-. The summed E-state index contributed by atoms with van der Waals surface area (Å²) in [6.45, 7) is -0.00258.